The molecule has 2 unspecified atom stereocenters. The number of amides is 1. The van der Waals surface area contributed by atoms with Crippen LogP contribution in [0.4, 0.5) is 8.78 Å². The van der Waals surface area contributed by atoms with Gasteiger partial charge in [-0.15, -0.1) is 0 Å². The van der Waals surface area contributed by atoms with Gasteiger partial charge in [0.15, 0.2) is 5.78 Å². The summed E-state index contributed by atoms with van der Waals surface area (Å²) < 4.78 is 34.9. The summed E-state index contributed by atoms with van der Waals surface area (Å²) in [6.45, 7) is 3.76. The van der Waals surface area contributed by atoms with Crippen molar-refractivity contribution in [1.29, 1.82) is 0 Å². The highest BCUT2D eigenvalue weighted by molar-refractivity contribution is 6.31. The normalized spacial score (nSPS) is 18.5. The maximum atomic E-state index is 13.6. The Morgan fingerprint density at radius 3 is 2.50 bits per heavy atom. The Kier molecular flexibility index (Phi) is 8.98. The zero-order valence-corrected chi connectivity index (χ0v) is 25.3. The van der Waals surface area contributed by atoms with Crippen molar-refractivity contribution in [3.63, 3.8) is 0 Å². The predicted octanol–water partition coefficient (Wildman–Crippen LogP) is 5.93. The molecule has 0 saturated carbocycles. The zero-order valence-electron chi connectivity index (χ0n) is 24.6. The Bertz CT molecular complexity index is 1680. The molecule has 4 aromatic rings. The molecule has 3 aromatic carbocycles. The molecule has 2 aliphatic rings. The summed E-state index contributed by atoms with van der Waals surface area (Å²) in [6, 6.07) is 16.8. The molecule has 1 amide bonds. The number of ether oxygens (including phenoxy) is 1. The molecule has 0 aliphatic carbocycles. The number of ketones is 1. The molecule has 44 heavy (non-hydrogen) atoms. The SMILES string of the molecule is COc1cccc2c(C(=O)NCc3cccc(F)c3)cn(CCCN3C4CCC3CN(CC(=O)c3ccc(F)c(Cl)c3)C4)c12. The van der Waals surface area contributed by atoms with Crippen molar-refractivity contribution in [3.8, 4) is 5.75 Å². The first-order chi connectivity index (χ1) is 21.3. The third-order valence-electron chi connectivity index (χ3n) is 8.80. The quantitative estimate of drug-likeness (QED) is 0.211. The van der Waals surface area contributed by atoms with E-state index in [0.29, 0.717) is 47.6 Å². The number of para-hydroxylation sites is 1. The minimum atomic E-state index is -0.526. The molecule has 0 spiro atoms. The number of carbonyl (C=O) groups excluding carboxylic acids is 2. The van der Waals surface area contributed by atoms with Crippen molar-refractivity contribution in [2.24, 2.45) is 0 Å². The van der Waals surface area contributed by atoms with Crippen LogP contribution in [0.1, 0.15) is 45.5 Å². The Hall–Kier alpha value is -3.79. The summed E-state index contributed by atoms with van der Waals surface area (Å²) in [4.78, 5) is 30.9. The summed E-state index contributed by atoms with van der Waals surface area (Å²) in [7, 11) is 1.63. The number of nitrogens with zero attached hydrogens (tertiary/aromatic N) is 3. The van der Waals surface area contributed by atoms with Gasteiger partial charge in [0.1, 0.15) is 17.4 Å². The van der Waals surface area contributed by atoms with E-state index in [0.717, 1.165) is 49.8 Å². The van der Waals surface area contributed by atoms with Gasteiger partial charge in [0, 0.05) is 62.0 Å². The van der Waals surface area contributed by atoms with Crippen LogP contribution in [0.2, 0.25) is 5.02 Å². The molecule has 10 heteroatoms. The summed E-state index contributed by atoms with van der Waals surface area (Å²) in [5, 5.41) is 3.70. The minimum absolute atomic E-state index is 0.0366. The van der Waals surface area contributed by atoms with Gasteiger partial charge in [0.05, 0.1) is 29.8 Å². The molecule has 2 bridgehead atoms. The first-order valence-corrected chi connectivity index (χ1v) is 15.3. The zero-order chi connectivity index (χ0) is 30.8. The molecular formula is C34H35ClF2N4O3. The largest absolute Gasteiger partial charge is 0.495 e. The second-order valence-corrected chi connectivity index (χ2v) is 12.0. The number of nitrogens with one attached hydrogen (secondary N) is 1. The van der Waals surface area contributed by atoms with E-state index in [1.54, 1.807) is 19.2 Å². The Balaban J connectivity index is 1.09. The number of rotatable bonds is 11. The molecular weight excluding hydrogens is 586 g/mol. The number of Topliss-reactive ketones (excluding diaryl/α,β-unsaturated/α-hetero) is 1. The lowest BCUT2D eigenvalue weighted by molar-refractivity contribution is 0.0588. The van der Waals surface area contributed by atoms with Crippen LogP contribution in [-0.4, -0.2) is 71.4 Å². The molecule has 3 heterocycles. The van der Waals surface area contributed by atoms with Crippen molar-refractivity contribution in [2.45, 2.75) is 44.4 Å². The van der Waals surface area contributed by atoms with E-state index >= 15 is 0 Å². The fourth-order valence-electron chi connectivity index (χ4n) is 6.73. The Morgan fingerprint density at radius 2 is 1.77 bits per heavy atom. The fourth-order valence-corrected chi connectivity index (χ4v) is 6.91. The molecule has 2 saturated heterocycles. The van der Waals surface area contributed by atoms with E-state index in [4.69, 9.17) is 16.3 Å². The van der Waals surface area contributed by atoms with E-state index < -0.39 is 5.82 Å². The van der Waals surface area contributed by atoms with Crippen molar-refractivity contribution >= 4 is 34.2 Å². The lowest BCUT2D eigenvalue weighted by Crippen LogP contribution is -2.54. The maximum Gasteiger partial charge on any atom is 0.253 e. The van der Waals surface area contributed by atoms with Crippen LogP contribution < -0.4 is 10.1 Å². The second kappa shape index (κ2) is 13.1. The molecule has 1 N–H and O–H groups in total. The highest BCUT2D eigenvalue weighted by atomic mass is 35.5. The maximum absolute atomic E-state index is 13.6. The van der Waals surface area contributed by atoms with Gasteiger partial charge in [0.25, 0.3) is 5.91 Å². The molecule has 2 aliphatic heterocycles. The van der Waals surface area contributed by atoms with E-state index in [1.807, 2.05) is 24.4 Å². The van der Waals surface area contributed by atoms with Crippen LogP contribution in [-0.2, 0) is 13.1 Å². The van der Waals surface area contributed by atoms with E-state index in [2.05, 4.69) is 19.7 Å². The smallest absolute Gasteiger partial charge is 0.253 e. The summed E-state index contributed by atoms with van der Waals surface area (Å²) in [6.07, 6.45) is 4.95. The number of aromatic nitrogens is 1. The summed E-state index contributed by atoms with van der Waals surface area (Å²) >= 11 is 5.89. The fraction of sp³-hybridized carbons (Fsp3) is 0.353. The second-order valence-electron chi connectivity index (χ2n) is 11.6. The average molecular weight is 621 g/mol. The monoisotopic (exact) mass is 620 g/mol. The highest BCUT2D eigenvalue weighted by Crippen LogP contribution is 2.32. The standard InChI is InChI=1S/C34H35ClF2N4O3/c1-44-32-8-3-7-27-28(34(43)38-17-22-5-2-6-24(36)15-22)20-40(33(27)32)13-4-14-41-25-10-11-26(41)19-39(18-25)21-31(42)23-9-12-30(37)29(35)16-23/h2-3,5-9,12,15-16,20,25-26H,4,10-11,13-14,17-19,21H2,1H3,(H,38,43). The molecule has 0 radical (unpaired) electrons. The van der Waals surface area contributed by atoms with Crippen molar-refractivity contribution in [2.75, 3.05) is 33.3 Å². The first kappa shape index (κ1) is 30.2. The molecule has 2 atom stereocenters. The van der Waals surface area contributed by atoms with Crippen LogP contribution in [0.25, 0.3) is 10.9 Å². The molecule has 6 rings (SSSR count). The molecule has 1 aromatic heterocycles. The number of hydrogen-bond acceptors (Lipinski definition) is 5. The number of piperazine rings is 1. The van der Waals surface area contributed by atoms with Crippen LogP contribution in [0.3, 0.4) is 0 Å². The minimum Gasteiger partial charge on any atom is -0.495 e. The van der Waals surface area contributed by atoms with E-state index in [9.17, 15) is 18.4 Å². The number of halogens is 3. The number of carbonyl (C=O) groups is 2. The number of likely N-dealkylation sites (tertiary alicyclic amines) is 1. The van der Waals surface area contributed by atoms with Gasteiger partial charge in [-0.25, -0.2) is 8.78 Å². The molecule has 2 fully saturated rings. The topological polar surface area (TPSA) is 66.8 Å². The summed E-state index contributed by atoms with van der Waals surface area (Å²) in [5.41, 5.74) is 2.55. The van der Waals surface area contributed by atoms with Crippen LogP contribution in [0.15, 0.2) is 66.9 Å². The third kappa shape index (κ3) is 6.36. The first-order valence-electron chi connectivity index (χ1n) is 15.0. The van der Waals surface area contributed by atoms with Gasteiger partial charge in [-0.2, -0.15) is 0 Å². The van der Waals surface area contributed by atoms with Crippen molar-refractivity contribution in [3.05, 3.63) is 100 Å². The predicted molar refractivity (Wildman–Crippen MR) is 166 cm³/mol. The lowest BCUT2D eigenvalue weighted by atomic mass is 10.1. The van der Waals surface area contributed by atoms with Crippen LogP contribution in [0, 0.1) is 11.6 Å². The molecule has 7 nitrogen and oxygen atoms in total. The van der Waals surface area contributed by atoms with E-state index in [-0.39, 0.29) is 29.1 Å². The molecule has 230 valence electrons. The Labute approximate surface area is 260 Å². The Morgan fingerprint density at radius 1 is 1.00 bits per heavy atom. The van der Waals surface area contributed by atoms with Crippen molar-refractivity contribution in [1.82, 2.24) is 19.7 Å². The lowest BCUT2D eigenvalue weighted by Gasteiger charge is -2.41. The van der Waals surface area contributed by atoms with Gasteiger partial charge in [-0.1, -0.05) is 35.9 Å². The van der Waals surface area contributed by atoms with Gasteiger partial charge < -0.3 is 14.6 Å². The number of benzene rings is 3. The van der Waals surface area contributed by atoms with Gasteiger partial charge >= 0.3 is 0 Å². The van der Waals surface area contributed by atoms with Gasteiger partial charge in [-0.05, 0) is 61.2 Å². The van der Waals surface area contributed by atoms with Crippen LogP contribution in [0.5, 0.6) is 5.75 Å². The van der Waals surface area contributed by atoms with Gasteiger partial charge in [-0.3, -0.25) is 19.4 Å². The van der Waals surface area contributed by atoms with E-state index in [1.165, 1.54) is 30.3 Å². The number of fused-ring (bicyclic) bond motifs is 3. The average Bonchev–Trinajstić information content (AvgIpc) is 3.50. The number of hydrogen-bond donors (Lipinski definition) is 1. The summed E-state index contributed by atoms with van der Waals surface area (Å²) in [5.74, 6) is -0.437. The van der Waals surface area contributed by atoms with Crippen molar-refractivity contribution < 1.29 is 23.1 Å². The third-order valence-corrected chi connectivity index (χ3v) is 9.09. The van der Waals surface area contributed by atoms with Crippen LogP contribution >= 0.6 is 11.6 Å². The highest BCUT2D eigenvalue weighted by Gasteiger charge is 2.39. The van der Waals surface area contributed by atoms with Gasteiger partial charge in [0.2, 0.25) is 0 Å². The number of methoxy groups -OCH3 is 1. The number of aryl methyl sites for hydroxylation is 1.